The van der Waals surface area contributed by atoms with Gasteiger partial charge in [0.15, 0.2) is 0 Å². The van der Waals surface area contributed by atoms with E-state index in [2.05, 4.69) is 29.1 Å². The van der Waals surface area contributed by atoms with Crippen LogP contribution in [0.15, 0.2) is 36.7 Å². The van der Waals surface area contributed by atoms with Gasteiger partial charge in [-0.15, -0.1) is 0 Å². The number of benzene rings is 1. The molecule has 2 heterocycles. The van der Waals surface area contributed by atoms with Crippen LogP contribution in [0.2, 0.25) is 0 Å². The van der Waals surface area contributed by atoms with Crippen molar-refractivity contribution in [2.24, 2.45) is 0 Å². The summed E-state index contributed by atoms with van der Waals surface area (Å²) in [6.07, 6.45) is 3.77. The first kappa shape index (κ1) is 11.8. The van der Waals surface area contributed by atoms with Gasteiger partial charge in [-0.05, 0) is 32.0 Å². The Bertz CT molecular complexity index is 683. The van der Waals surface area contributed by atoms with Crippen molar-refractivity contribution in [3.8, 4) is 5.75 Å². The Morgan fingerprint density at radius 2 is 2.21 bits per heavy atom. The molecule has 0 fully saturated rings. The van der Waals surface area contributed by atoms with Crippen molar-refractivity contribution < 1.29 is 4.74 Å². The molecule has 0 saturated carbocycles. The standard InChI is InChI=1S/C14H16N4O/c1-10(2)18-6-5-12(17-18)9-19-13-4-3-11-8-15-16-14(11)7-13/h3-8,10H,9H2,1-2H3,(H,15,16). The molecule has 3 aromatic rings. The van der Waals surface area contributed by atoms with E-state index in [0.717, 1.165) is 22.3 Å². The van der Waals surface area contributed by atoms with E-state index in [1.54, 1.807) is 6.20 Å². The number of nitrogens with one attached hydrogen (secondary N) is 1. The first-order chi connectivity index (χ1) is 9.22. The summed E-state index contributed by atoms with van der Waals surface area (Å²) in [5.74, 6) is 0.816. The van der Waals surface area contributed by atoms with Gasteiger partial charge in [0.25, 0.3) is 0 Å². The number of aromatic nitrogens is 4. The van der Waals surface area contributed by atoms with Gasteiger partial charge in [0, 0.05) is 23.7 Å². The van der Waals surface area contributed by atoms with E-state index in [9.17, 15) is 0 Å². The van der Waals surface area contributed by atoms with E-state index in [4.69, 9.17) is 4.74 Å². The number of nitrogens with zero attached hydrogens (tertiary/aromatic N) is 3. The quantitative estimate of drug-likeness (QED) is 0.780. The monoisotopic (exact) mass is 256 g/mol. The molecule has 19 heavy (non-hydrogen) atoms. The van der Waals surface area contributed by atoms with Gasteiger partial charge in [0.2, 0.25) is 0 Å². The molecule has 0 bridgehead atoms. The van der Waals surface area contributed by atoms with Crippen LogP contribution in [0.1, 0.15) is 25.6 Å². The summed E-state index contributed by atoms with van der Waals surface area (Å²) in [7, 11) is 0. The molecule has 0 amide bonds. The van der Waals surface area contributed by atoms with Gasteiger partial charge in [0.05, 0.1) is 17.4 Å². The third-order valence-electron chi connectivity index (χ3n) is 2.99. The largest absolute Gasteiger partial charge is 0.487 e. The van der Waals surface area contributed by atoms with Crippen molar-refractivity contribution in [3.05, 3.63) is 42.4 Å². The van der Waals surface area contributed by atoms with E-state index in [1.807, 2.05) is 35.1 Å². The molecule has 0 radical (unpaired) electrons. The number of fused-ring (bicyclic) bond motifs is 1. The zero-order chi connectivity index (χ0) is 13.2. The highest BCUT2D eigenvalue weighted by Crippen LogP contribution is 2.19. The van der Waals surface area contributed by atoms with Crippen molar-refractivity contribution in [3.63, 3.8) is 0 Å². The lowest BCUT2D eigenvalue weighted by molar-refractivity contribution is 0.299. The molecule has 0 unspecified atom stereocenters. The number of H-pyrrole nitrogens is 1. The second-order valence-corrected chi connectivity index (χ2v) is 4.79. The lowest BCUT2D eigenvalue weighted by Crippen LogP contribution is -2.03. The molecule has 0 spiro atoms. The third kappa shape index (κ3) is 2.45. The van der Waals surface area contributed by atoms with Crippen LogP contribution in [0.5, 0.6) is 5.75 Å². The lowest BCUT2D eigenvalue weighted by Gasteiger charge is -2.05. The summed E-state index contributed by atoms with van der Waals surface area (Å²) in [5.41, 5.74) is 1.91. The van der Waals surface area contributed by atoms with Gasteiger partial charge in [-0.25, -0.2) is 0 Å². The topological polar surface area (TPSA) is 55.7 Å². The summed E-state index contributed by atoms with van der Waals surface area (Å²) in [6.45, 7) is 4.67. The maximum absolute atomic E-state index is 5.74. The molecular weight excluding hydrogens is 240 g/mol. The predicted molar refractivity (Wildman–Crippen MR) is 73.0 cm³/mol. The molecule has 1 N–H and O–H groups in total. The molecule has 1 aromatic carbocycles. The molecule has 3 rings (SSSR count). The maximum atomic E-state index is 5.74. The molecule has 5 heteroatoms. The number of hydrogen-bond donors (Lipinski definition) is 1. The van der Waals surface area contributed by atoms with E-state index in [0.29, 0.717) is 12.6 Å². The van der Waals surface area contributed by atoms with Gasteiger partial charge < -0.3 is 4.74 Å². The van der Waals surface area contributed by atoms with Crippen LogP contribution < -0.4 is 4.74 Å². The molecule has 0 saturated heterocycles. The van der Waals surface area contributed by atoms with Gasteiger partial charge in [0.1, 0.15) is 12.4 Å². The Labute approximate surface area is 111 Å². The highest BCUT2D eigenvalue weighted by molar-refractivity contribution is 5.79. The van der Waals surface area contributed by atoms with Gasteiger partial charge >= 0.3 is 0 Å². The number of ether oxygens (including phenoxy) is 1. The van der Waals surface area contributed by atoms with E-state index >= 15 is 0 Å². The SMILES string of the molecule is CC(C)n1ccc(COc2ccc3cn[nH]c3c2)n1. The predicted octanol–water partition coefficient (Wildman–Crippen LogP) is 2.92. The lowest BCUT2D eigenvalue weighted by atomic mass is 10.2. The number of hydrogen-bond acceptors (Lipinski definition) is 3. The van der Waals surface area contributed by atoms with E-state index in [-0.39, 0.29) is 0 Å². The highest BCUT2D eigenvalue weighted by Gasteiger charge is 2.04. The van der Waals surface area contributed by atoms with Crippen molar-refractivity contribution >= 4 is 10.9 Å². The normalized spacial score (nSPS) is 11.3. The molecule has 98 valence electrons. The molecular formula is C14H16N4O. The van der Waals surface area contributed by atoms with Crippen LogP contribution >= 0.6 is 0 Å². The van der Waals surface area contributed by atoms with Gasteiger partial charge in [-0.2, -0.15) is 10.2 Å². The molecule has 0 aliphatic rings. The van der Waals surface area contributed by atoms with Crippen LogP contribution in [0.25, 0.3) is 10.9 Å². The Morgan fingerprint density at radius 3 is 3.00 bits per heavy atom. The Hall–Kier alpha value is -2.30. The molecule has 0 aliphatic heterocycles. The van der Waals surface area contributed by atoms with Gasteiger partial charge in [-0.1, -0.05) is 0 Å². The minimum absolute atomic E-state index is 0.370. The Balaban J connectivity index is 1.70. The fraction of sp³-hybridized carbons (Fsp3) is 0.286. The van der Waals surface area contributed by atoms with Crippen molar-refractivity contribution in [2.45, 2.75) is 26.5 Å². The van der Waals surface area contributed by atoms with Crippen LogP contribution in [-0.4, -0.2) is 20.0 Å². The number of aromatic amines is 1. The van der Waals surface area contributed by atoms with E-state index in [1.165, 1.54) is 0 Å². The first-order valence-corrected chi connectivity index (χ1v) is 6.32. The van der Waals surface area contributed by atoms with Crippen molar-refractivity contribution in [1.29, 1.82) is 0 Å². The van der Waals surface area contributed by atoms with E-state index < -0.39 is 0 Å². The summed E-state index contributed by atoms with van der Waals surface area (Å²) in [4.78, 5) is 0. The first-order valence-electron chi connectivity index (χ1n) is 6.32. The summed E-state index contributed by atoms with van der Waals surface area (Å²) < 4.78 is 7.67. The van der Waals surface area contributed by atoms with Crippen LogP contribution in [0.3, 0.4) is 0 Å². The second kappa shape index (κ2) is 4.76. The fourth-order valence-electron chi connectivity index (χ4n) is 1.91. The smallest absolute Gasteiger partial charge is 0.132 e. The minimum Gasteiger partial charge on any atom is -0.487 e. The van der Waals surface area contributed by atoms with Crippen molar-refractivity contribution in [1.82, 2.24) is 20.0 Å². The highest BCUT2D eigenvalue weighted by atomic mass is 16.5. The second-order valence-electron chi connectivity index (χ2n) is 4.79. The summed E-state index contributed by atoms with van der Waals surface area (Å²) in [5, 5.41) is 12.4. The third-order valence-corrected chi connectivity index (χ3v) is 2.99. The average Bonchev–Trinajstić information content (AvgIpc) is 3.04. The van der Waals surface area contributed by atoms with Crippen LogP contribution in [-0.2, 0) is 6.61 Å². The van der Waals surface area contributed by atoms with Crippen molar-refractivity contribution in [2.75, 3.05) is 0 Å². The van der Waals surface area contributed by atoms with Gasteiger partial charge in [-0.3, -0.25) is 9.78 Å². The maximum Gasteiger partial charge on any atom is 0.132 e. The molecule has 0 aliphatic carbocycles. The number of rotatable bonds is 4. The fourth-order valence-corrected chi connectivity index (χ4v) is 1.91. The Morgan fingerprint density at radius 1 is 1.32 bits per heavy atom. The summed E-state index contributed by atoms with van der Waals surface area (Å²) in [6, 6.07) is 8.23. The summed E-state index contributed by atoms with van der Waals surface area (Å²) >= 11 is 0. The molecule has 2 aromatic heterocycles. The van der Waals surface area contributed by atoms with Crippen LogP contribution in [0, 0.1) is 0 Å². The average molecular weight is 256 g/mol. The van der Waals surface area contributed by atoms with Crippen LogP contribution in [0.4, 0.5) is 0 Å². The molecule has 5 nitrogen and oxygen atoms in total. The Kier molecular flexibility index (Phi) is 2.95. The minimum atomic E-state index is 0.370. The zero-order valence-electron chi connectivity index (χ0n) is 11.0. The molecule has 0 atom stereocenters. The zero-order valence-corrected chi connectivity index (χ0v) is 11.0.